The molecule has 0 saturated carbocycles. The summed E-state index contributed by atoms with van der Waals surface area (Å²) >= 11 is 5.96. The first-order valence-corrected chi connectivity index (χ1v) is 9.54. The average Bonchev–Trinajstić information content (AvgIpc) is 2.67. The Kier molecular flexibility index (Phi) is 6.02. The van der Waals surface area contributed by atoms with Gasteiger partial charge in [0.2, 0.25) is 0 Å². The Morgan fingerprint density at radius 3 is 2.48 bits per heavy atom. The molecule has 2 N–H and O–H groups in total. The fraction of sp³-hybridized carbons (Fsp3) is 0.381. The lowest BCUT2D eigenvalue weighted by atomic mass is 9.81. The minimum atomic E-state index is -0.594. The number of nitrogens with zero attached hydrogens (tertiary/aromatic N) is 1. The van der Waals surface area contributed by atoms with Crippen molar-refractivity contribution in [3.63, 3.8) is 0 Å². The van der Waals surface area contributed by atoms with Crippen molar-refractivity contribution in [3.8, 4) is 0 Å². The number of hydrogen-bond donors (Lipinski definition) is 2. The second kappa shape index (κ2) is 8.28. The van der Waals surface area contributed by atoms with Crippen molar-refractivity contribution in [2.45, 2.75) is 37.8 Å². The molecule has 2 aromatic rings. The van der Waals surface area contributed by atoms with Gasteiger partial charge in [-0.25, -0.2) is 9.18 Å². The molecule has 0 radical (unpaired) electrons. The van der Waals surface area contributed by atoms with Crippen molar-refractivity contribution in [1.82, 2.24) is 10.2 Å². The summed E-state index contributed by atoms with van der Waals surface area (Å²) in [5, 5.41) is 13.1. The third-order valence-corrected chi connectivity index (χ3v) is 5.62. The molecule has 27 heavy (non-hydrogen) atoms. The summed E-state index contributed by atoms with van der Waals surface area (Å²) in [5.74, 6) is -0.309. The van der Waals surface area contributed by atoms with Crippen LogP contribution in [0.25, 0.3) is 0 Å². The molecule has 1 saturated heterocycles. The first-order valence-electron chi connectivity index (χ1n) is 9.16. The van der Waals surface area contributed by atoms with Gasteiger partial charge in [0.15, 0.2) is 0 Å². The Balaban J connectivity index is 1.81. The molecule has 0 aromatic heterocycles. The first kappa shape index (κ1) is 19.6. The van der Waals surface area contributed by atoms with E-state index in [0.717, 1.165) is 11.1 Å². The summed E-state index contributed by atoms with van der Waals surface area (Å²) in [7, 11) is 0. The molecule has 3 rings (SSSR count). The van der Waals surface area contributed by atoms with Crippen LogP contribution >= 0.6 is 11.6 Å². The number of carbonyl (C=O) groups excluding carboxylic acids is 1. The average molecular weight is 391 g/mol. The van der Waals surface area contributed by atoms with Gasteiger partial charge in [0.05, 0.1) is 11.6 Å². The lowest BCUT2D eigenvalue weighted by molar-refractivity contribution is 0.117. The number of benzene rings is 2. The van der Waals surface area contributed by atoms with E-state index >= 15 is 0 Å². The predicted molar refractivity (Wildman–Crippen MR) is 104 cm³/mol. The Labute approximate surface area is 164 Å². The molecule has 1 unspecified atom stereocenters. The maximum Gasteiger partial charge on any atom is 0.318 e. The molecular weight excluding hydrogens is 367 g/mol. The highest BCUT2D eigenvalue weighted by Gasteiger charge is 2.40. The molecule has 1 aliphatic heterocycles. The number of rotatable bonds is 6. The SMILES string of the molecule is C[C@@H](c1ccc(Cl)cc1)N1CCC(CCCO)(c2ccc(F)cc2)NC1=O. The number of nitrogens with one attached hydrogen (secondary N) is 1. The second-order valence-electron chi connectivity index (χ2n) is 7.02. The molecule has 1 aliphatic rings. The molecule has 4 nitrogen and oxygen atoms in total. The Bertz CT molecular complexity index is 782. The number of carbonyl (C=O) groups is 1. The van der Waals surface area contributed by atoms with E-state index in [1.165, 1.54) is 12.1 Å². The van der Waals surface area contributed by atoms with Crippen LogP contribution in [0.4, 0.5) is 9.18 Å². The molecule has 0 aliphatic carbocycles. The monoisotopic (exact) mass is 390 g/mol. The van der Waals surface area contributed by atoms with Gasteiger partial charge in [-0.2, -0.15) is 0 Å². The number of amides is 2. The van der Waals surface area contributed by atoms with Gasteiger partial charge in [-0.3, -0.25) is 0 Å². The quantitative estimate of drug-likeness (QED) is 0.755. The van der Waals surface area contributed by atoms with Crippen molar-refractivity contribution < 1.29 is 14.3 Å². The zero-order chi connectivity index (χ0) is 19.4. The van der Waals surface area contributed by atoms with Crippen LogP contribution in [0.15, 0.2) is 48.5 Å². The van der Waals surface area contributed by atoms with Crippen LogP contribution in [0.3, 0.4) is 0 Å². The summed E-state index contributed by atoms with van der Waals surface area (Å²) in [6, 6.07) is 13.5. The second-order valence-corrected chi connectivity index (χ2v) is 7.45. The van der Waals surface area contributed by atoms with E-state index in [1.807, 2.05) is 31.2 Å². The van der Waals surface area contributed by atoms with Gasteiger partial charge in [-0.1, -0.05) is 35.9 Å². The number of halogens is 2. The van der Waals surface area contributed by atoms with Crippen molar-refractivity contribution in [3.05, 3.63) is 70.5 Å². The smallest absolute Gasteiger partial charge is 0.318 e. The van der Waals surface area contributed by atoms with E-state index in [-0.39, 0.29) is 24.5 Å². The van der Waals surface area contributed by atoms with E-state index in [1.54, 1.807) is 17.0 Å². The largest absolute Gasteiger partial charge is 0.396 e. The van der Waals surface area contributed by atoms with E-state index in [0.29, 0.717) is 30.8 Å². The van der Waals surface area contributed by atoms with E-state index in [4.69, 9.17) is 11.6 Å². The highest BCUT2D eigenvalue weighted by atomic mass is 35.5. The van der Waals surface area contributed by atoms with Gasteiger partial charge in [0.1, 0.15) is 5.82 Å². The van der Waals surface area contributed by atoms with Crippen LogP contribution in [0, 0.1) is 5.82 Å². The maximum absolute atomic E-state index is 13.3. The topological polar surface area (TPSA) is 52.6 Å². The van der Waals surface area contributed by atoms with Crippen molar-refractivity contribution >= 4 is 17.6 Å². The van der Waals surface area contributed by atoms with Crippen molar-refractivity contribution in [2.24, 2.45) is 0 Å². The van der Waals surface area contributed by atoms with E-state index in [2.05, 4.69) is 5.32 Å². The van der Waals surface area contributed by atoms with Crippen LogP contribution < -0.4 is 5.32 Å². The highest BCUT2D eigenvalue weighted by molar-refractivity contribution is 6.30. The fourth-order valence-electron chi connectivity index (χ4n) is 3.74. The number of aliphatic hydroxyl groups is 1. The third kappa shape index (κ3) is 4.25. The molecular formula is C21H24ClFN2O2. The van der Waals surface area contributed by atoms with Gasteiger partial charge in [0, 0.05) is 18.2 Å². The molecule has 0 spiro atoms. The summed E-state index contributed by atoms with van der Waals surface area (Å²) < 4.78 is 13.3. The predicted octanol–water partition coefficient (Wildman–Crippen LogP) is 4.62. The molecule has 2 aromatic carbocycles. The fourth-order valence-corrected chi connectivity index (χ4v) is 3.87. The van der Waals surface area contributed by atoms with Crippen LogP contribution in [-0.2, 0) is 5.54 Å². The molecule has 1 heterocycles. The zero-order valence-corrected chi connectivity index (χ0v) is 16.0. The van der Waals surface area contributed by atoms with Gasteiger partial charge < -0.3 is 15.3 Å². The highest BCUT2D eigenvalue weighted by Crippen LogP contribution is 2.36. The molecule has 2 amide bonds. The van der Waals surface area contributed by atoms with Crippen LogP contribution in [0.5, 0.6) is 0 Å². The zero-order valence-electron chi connectivity index (χ0n) is 15.3. The summed E-state index contributed by atoms with van der Waals surface area (Å²) in [6.07, 6.45) is 1.84. The third-order valence-electron chi connectivity index (χ3n) is 5.36. The number of urea groups is 1. The van der Waals surface area contributed by atoms with E-state index < -0.39 is 5.54 Å². The summed E-state index contributed by atoms with van der Waals surface area (Å²) in [5.41, 5.74) is 1.28. The molecule has 1 fully saturated rings. The van der Waals surface area contributed by atoms with Crippen molar-refractivity contribution in [2.75, 3.05) is 13.2 Å². The maximum atomic E-state index is 13.3. The lowest BCUT2D eigenvalue weighted by Gasteiger charge is -2.45. The van der Waals surface area contributed by atoms with E-state index in [9.17, 15) is 14.3 Å². The van der Waals surface area contributed by atoms with Crippen LogP contribution in [0.1, 0.15) is 43.4 Å². The first-order chi connectivity index (χ1) is 12.9. The molecule has 144 valence electrons. The number of aliphatic hydroxyl groups excluding tert-OH is 1. The Hall–Kier alpha value is -2.11. The molecule has 6 heteroatoms. The minimum absolute atomic E-state index is 0.0453. The van der Waals surface area contributed by atoms with Gasteiger partial charge in [-0.05, 0) is 61.6 Å². The summed E-state index contributed by atoms with van der Waals surface area (Å²) in [4.78, 5) is 14.7. The standard InChI is InChI=1S/C21H24ClFN2O2/c1-15(16-3-7-18(22)8-4-16)25-13-12-21(11-2-14-26,24-20(25)27)17-5-9-19(23)10-6-17/h3-10,15,26H,2,11-14H2,1H3,(H,24,27)/t15-,21?/m0/s1. The van der Waals surface area contributed by atoms with Crippen LogP contribution in [0.2, 0.25) is 5.02 Å². The van der Waals surface area contributed by atoms with Crippen molar-refractivity contribution in [1.29, 1.82) is 0 Å². The Morgan fingerprint density at radius 1 is 1.22 bits per heavy atom. The molecule has 2 atom stereocenters. The van der Waals surface area contributed by atoms with Gasteiger partial charge >= 0.3 is 6.03 Å². The van der Waals surface area contributed by atoms with Gasteiger partial charge in [-0.15, -0.1) is 0 Å². The summed E-state index contributed by atoms with van der Waals surface area (Å²) in [6.45, 7) is 2.60. The lowest BCUT2D eigenvalue weighted by Crippen LogP contribution is -2.58. The van der Waals surface area contributed by atoms with Crippen LogP contribution in [-0.4, -0.2) is 29.2 Å². The normalized spacial score (nSPS) is 21.0. The minimum Gasteiger partial charge on any atom is -0.396 e. The Morgan fingerprint density at radius 2 is 1.89 bits per heavy atom. The number of hydrogen-bond acceptors (Lipinski definition) is 2. The molecule has 0 bridgehead atoms. The van der Waals surface area contributed by atoms with Gasteiger partial charge in [0.25, 0.3) is 0 Å².